The molecule has 0 spiro atoms. The minimum absolute atomic E-state index is 0.420. The molecule has 0 amide bonds. The maximum atomic E-state index is 5.78. The Morgan fingerprint density at radius 2 is 2.06 bits per heavy atom. The van der Waals surface area contributed by atoms with Crippen molar-refractivity contribution in [1.29, 1.82) is 0 Å². The number of hydrogen-bond donors (Lipinski definition) is 1. The van der Waals surface area contributed by atoms with Crippen LogP contribution >= 0.6 is 12.2 Å². The summed E-state index contributed by atoms with van der Waals surface area (Å²) in [6.45, 7) is 6.15. The summed E-state index contributed by atoms with van der Waals surface area (Å²) in [4.78, 5) is 2.85. The molecule has 1 aliphatic heterocycles. The molecular formula is C14H20N2OS. The Kier molecular flexibility index (Phi) is 4.55. The summed E-state index contributed by atoms with van der Waals surface area (Å²) in [5.74, 6) is 0.858. The number of hydrogen-bond acceptors (Lipinski definition) is 3. The van der Waals surface area contributed by atoms with Crippen molar-refractivity contribution in [2.75, 3.05) is 26.2 Å². The Labute approximate surface area is 114 Å². The highest BCUT2D eigenvalue weighted by Crippen LogP contribution is 2.17. The molecule has 2 rings (SSSR count). The fourth-order valence-electron chi connectivity index (χ4n) is 2.27. The third kappa shape index (κ3) is 3.68. The van der Waals surface area contributed by atoms with Gasteiger partial charge in [-0.2, -0.15) is 0 Å². The van der Waals surface area contributed by atoms with Crippen LogP contribution in [0.25, 0.3) is 0 Å². The highest BCUT2D eigenvalue weighted by Gasteiger charge is 2.11. The van der Waals surface area contributed by atoms with Gasteiger partial charge in [0, 0.05) is 12.1 Å². The van der Waals surface area contributed by atoms with Gasteiger partial charge in [-0.05, 0) is 56.6 Å². The van der Waals surface area contributed by atoms with Crippen molar-refractivity contribution in [2.45, 2.75) is 19.8 Å². The summed E-state index contributed by atoms with van der Waals surface area (Å²) in [6.07, 6.45) is 2.63. The quantitative estimate of drug-likeness (QED) is 0.827. The third-order valence-electron chi connectivity index (χ3n) is 3.21. The van der Waals surface area contributed by atoms with Gasteiger partial charge in [0.15, 0.2) is 0 Å². The number of nitrogens with two attached hydrogens (primary N) is 1. The van der Waals surface area contributed by atoms with E-state index in [-0.39, 0.29) is 0 Å². The lowest BCUT2D eigenvalue weighted by atomic mass is 10.1. The summed E-state index contributed by atoms with van der Waals surface area (Å²) < 4.78 is 5.78. The topological polar surface area (TPSA) is 38.5 Å². The summed E-state index contributed by atoms with van der Waals surface area (Å²) in [6, 6.07) is 5.92. The molecule has 1 aliphatic rings. The molecule has 0 unspecified atom stereocenters. The number of nitrogens with zero attached hydrogens (tertiary/aromatic N) is 1. The molecule has 2 N–H and O–H groups in total. The zero-order valence-electron chi connectivity index (χ0n) is 10.8. The van der Waals surface area contributed by atoms with Crippen molar-refractivity contribution in [3.05, 3.63) is 29.3 Å². The fourth-order valence-corrected chi connectivity index (χ4v) is 2.39. The van der Waals surface area contributed by atoms with Gasteiger partial charge < -0.3 is 10.5 Å². The predicted octanol–water partition coefficient (Wildman–Crippen LogP) is 2.10. The Bertz CT molecular complexity index is 428. The van der Waals surface area contributed by atoms with Gasteiger partial charge >= 0.3 is 0 Å². The van der Waals surface area contributed by atoms with E-state index >= 15 is 0 Å². The van der Waals surface area contributed by atoms with E-state index < -0.39 is 0 Å². The first-order chi connectivity index (χ1) is 8.65. The van der Waals surface area contributed by atoms with Crippen molar-refractivity contribution < 1.29 is 4.74 Å². The molecule has 0 atom stereocenters. The summed E-state index contributed by atoms with van der Waals surface area (Å²) in [7, 11) is 0. The number of ether oxygens (including phenoxy) is 1. The number of likely N-dealkylation sites (tertiary alicyclic amines) is 1. The van der Waals surface area contributed by atoms with Crippen LogP contribution in [0, 0.1) is 6.92 Å². The molecule has 1 saturated heterocycles. The zero-order chi connectivity index (χ0) is 13.0. The van der Waals surface area contributed by atoms with Gasteiger partial charge in [-0.25, -0.2) is 0 Å². The molecule has 1 aromatic rings. The normalized spacial score (nSPS) is 15.8. The minimum Gasteiger partial charge on any atom is -0.492 e. The van der Waals surface area contributed by atoms with E-state index in [9.17, 15) is 0 Å². The molecule has 18 heavy (non-hydrogen) atoms. The van der Waals surface area contributed by atoms with E-state index in [4.69, 9.17) is 22.7 Å². The van der Waals surface area contributed by atoms with E-state index in [1.165, 1.54) is 25.9 Å². The minimum atomic E-state index is 0.420. The van der Waals surface area contributed by atoms with Crippen molar-refractivity contribution in [2.24, 2.45) is 5.73 Å². The lowest BCUT2D eigenvalue weighted by Crippen LogP contribution is -2.25. The number of aryl methyl sites for hydroxylation is 1. The van der Waals surface area contributed by atoms with Crippen molar-refractivity contribution in [3.8, 4) is 5.75 Å². The maximum absolute atomic E-state index is 5.78. The van der Waals surface area contributed by atoms with Gasteiger partial charge in [0.2, 0.25) is 0 Å². The van der Waals surface area contributed by atoms with Gasteiger partial charge in [-0.15, -0.1) is 0 Å². The smallest absolute Gasteiger partial charge is 0.120 e. The van der Waals surface area contributed by atoms with Crippen LogP contribution in [0.15, 0.2) is 18.2 Å². The summed E-state index contributed by atoms with van der Waals surface area (Å²) >= 11 is 5.00. The number of rotatable bonds is 5. The second-order valence-electron chi connectivity index (χ2n) is 4.80. The lowest BCUT2D eigenvalue weighted by Gasteiger charge is -2.15. The van der Waals surface area contributed by atoms with E-state index in [0.29, 0.717) is 4.99 Å². The highest BCUT2D eigenvalue weighted by atomic mass is 32.1. The molecule has 3 nitrogen and oxygen atoms in total. The molecular weight excluding hydrogens is 244 g/mol. The van der Waals surface area contributed by atoms with E-state index in [1.807, 2.05) is 25.1 Å². The molecule has 0 radical (unpaired) electrons. The van der Waals surface area contributed by atoms with Gasteiger partial charge in [0.05, 0.1) is 0 Å². The van der Waals surface area contributed by atoms with Crippen molar-refractivity contribution in [3.63, 3.8) is 0 Å². The molecule has 1 heterocycles. The Balaban J connectivity index is 1.89. The first-order valence-electron chi connectivity index (χ1n) is 6.42. The number of thiocarbonyl (C=S) groups is 1. The number of benzene rings is 1. The second kappa shape index (κ2) is 6.16. The Morgan fingerprint density at radius 1 is 1.33 bits per heavy atom. The van der Waals surface area contributed by atoms with Crippen molar-refractivity contribution in [1.82, 2.24) is 4.90 Å². The van der Waals surface area contributed by atoms with E-state index in [2.05, 4.69) is 4.90 Å². The van der Waals surface area contributed by atoms with Gasteiger partial charge in [-0.3, -0.25) is 4.90 Å². The van der Waals surface area contributed by atoms with Crippen LogP contribution in [-0.4, -0.2) is 36.1 Å². The van der Waals surface area contributed by atoms with Crippen LogP contribution in [0.1, 0.15) is 24.0 Å². The lowest BCUT2D eigenvalue weighted by molar-refractivity contribution is 0.237. The Morgan fingerprint density at radius 3 is 2.72 bits per heavy atom. The van der Waals surface area contributed by atoms with Crippen LogP contribution in [0.4, 0.5) is 0 Å². The summed E-state index contributed by atoms with van der Waals surface area (Å²) in [5.41, 5.74) is 7.65. The summed E-state index contributed by atoms with van der Waals surface area (Å²) in [5, 5.41) is 0. The van der Waals surface area contributed by atoms with Crippen LogP contribution in [-0.2, 0) is 0 Å². The zero-order valence-corrected chi connectivity index (χ0v) is 11.6. The molecule has 0 aromatic heterocycles. The largest absolute Gasteiger partial charge is 0.492 e. The SMILES string of the molecule is Cc1cc(OCCN2CCCC2)cc(C(N)=S)c1. The van der Waals surface area contributed by atoms with Crippen LogP contribution in [0.3, 0.4) is 0 Å². The molecule has 0 bridgehead atoms. The predicted molar refractivity (Wildman–Crippen MR) is 78.2 cm³/mol. The average Bonchev–Trinajstić information content (AvgIpc) is 2.81. The van der Waals surface area contributed by atoms with Crippen LogP contribution in [0.5, 0.6) is 5.75 Å². The van der Waals surface area contributed by atoms with Gasteiger partial charge in [0.1, 0.15) is 17.3 Å². The molecule has 98 valence electrons. The maximum Gasteiger partial charge on any atom is 0.120 e. The average molecular weight is 264 g/mol. The molecule has 1 fully saturated rings. The van der Waals surface area contributed by atoms with Gasteiger partial charge in [0.25, 0.3) is 0 Å². The van der Waals surface area contributed by atoms with E-state index in [1.54, 1.807) is 0 Å². The third-order valence-corrected chi connectivity index (χ3v) is 3.45. The first kappa shape index (κ1) is 13.3. The van der Waals surface area contributed by atoms with Crippen LogP contribution in [0.2, 0.25) is 0 Å². The fraction of sp³-hybridized carbons (Fsp3) is 0.500. The van der Waals surface area contributed by atoms with Crippen molar-refractivity contribution >= 4 is 17.2 Å². The molecule has 4 heteroatoms. The second-order valence-corrected chi connectivity index (χ2v) is 5.24. The highest BCUT2D eigenvalue weighted by molar-refractivity contribution is 7.80. The molecule has 1 aromatic carbocycles. The first-order valence-corrected chi connectivity index (χ1v) is 6.82. The Hall–Kier alpha value is -1.13. The van der Waals surface area contributed by atoms with E-state index in [0.717, 1.165) is 30.0 Å². The standard InChI is InChI=1S/C14H20N2OS/c1-11-8-12(14(15)18)10-13(9-11)17-7-6-16-4-2-3-5-16/h8-10H,2-7H2,1H3,(H2,15,18). The molecule has 0 saturated carbocycles. The monoisotopic (exact) mass is 264 g/mol. The van der Waals surface area contributed by atoms with Gasteiger partial charge in [-0.1, -0.05) is 12.2 Å². The molecule has 0 aliphatic carbocycles. The van der Waals surface area contributed by atoms with Crippen LogP contribution < -0.4 is 10.5 Å².